The SMILES string of the molecule is COCCn1c(N2CCC(NC(=O)c3ccccc3F)CC2)nc2ccccc21. The largest absolute Gasteiger partial charge is 0.383 e. The molecule has 0 spiro atoms. The molecule has 1 aromatic heterocycles. The quantitative estimate of drug-likeness (QED) is 0.695. The third-order valence-electron chi connectivity index (χ3n) is 5.38. The van der Waals surface area contributed by atoms with Gasteiger partial charge in [0.05, 0.1) is 23.2 Å². The van der Waals surface area contributed by atoms with Crippen molar-refractivity contribution in [1.29, 1.82) is 0 Å². The lowest BCUT2D eigenvalue weighted by Crippen LogP contribution is -2.45. The van der Waals surface area contributed by atoms with E-state index in [-0.39, 0.29) is 17.5 Å². The summed E-state index contributed by atoms with van der Waals surface area (Å²) in [6.45, 7) is 2.90. The molecule has 1 aliphatic heterocycles. The van der Waals surface area contributed by atoms with E-state index in [1.807, 2.05) is 18.2 Å². The van der Waals surface area contributed by atoms with Gasteiger partial charge in [0, 0.05) is 32.8 Å². The summed E-state index contributed by atoms with van der Waals surface area (Å²) in [5, 5.41) is 2.97. The number of para-hydroxylation sites is 2. The van der Waals surface area contributed by atoms with Crippen molar-refractivity contribution < 1.29 is 13.9 Å². The number of benzene rings is 2. The van der Waals surface area contributed by atoms with Crippen molar-refractivity contribution in [3.63, 3.8) is 0 Å². The molecule has 0 radical (unpaired) electrons. The van der Waals surface area contributed by atoms with Gasteiger partial charge in [-0.3, -0.25) is 4.79 Å². The molecule has 0 saturated carbocycles. The van der Waals surface area contributed by atoms with Crippen LogP contribution in [0.4, 0.5) is 10.3 Å². The topological polar surface area (TPSA) is 59.4 Å². The minimum absolute atomic E-state index is 0.0233. The number of hydrogen-bond acceptors (Lipinski definition) is 4. The van der Waals surface area contributed by atoms with E-state index in [1.165, 1.54) is 12.1 Å². The van der Waals surface area contributed by atoms with Gasteiger partial charge in [0.1, 0.15) is 5.82 Å². The Bertz CT molecular complexity index is 995. The molecule has 3 aromatic rings. The van der Waals surface area contributed by atoms with Crippen LogP contribution in [-0.4, -0.2) is 48.3 Å². The van der Waals surface area contributed by atoms with Gasteiger partial charge in [-0.1, -0.05) is 24.3 Å². The van der Waals surface area contributed by atoms with Crippen LogP contribution in [0.1, 0.15) is 23.2 Å². The second-order valence-corrected chi connectivity index (χ2v) is 7.26. The summed E-state index contributed by atoms with van der Waals surface area (Å²) in [5.41, 5.74) is 2.15. The number of methoxy groups -OCH3 is 1. The summed E-state index contributed by atoms with van der Waals surface area (Å²) >= 11 is 0. The monoisotopic (exact) mass is 396 g/mol. The fraction of sp³-hybridized carbons (Fsp3) is 0.364. The van der Waals surface area contributed by atoms with E-state index in [0.29, 0.717) is 6.61 Å². The van der Waals surface area contributed by atoms with Crippen LogP contribution < -0.4 is 10.2 Å². The van der Waals surface area contributed by atoms with Gasteiger partial charge in [0.2, 0.25) is 5.95 Å². The zero-order chi connectivity index (χ0) is 20.2. The molecule has 0 atom stereocenters. The molecule has 1 aliphatic rings. The van der Waals surface area contributed by atoms with Gasteiger partial charge < -0.3 is 19.5 Å². The summed E-state index contributed by atoms with van der Waals surface area (Å²) in [5.74, 6) is 0.0882. The number of amides is 1. The first-order chi connectivity index (χ1) is 14.2. The molecule has 152 valence electrons. The van der Waals surface area contributed by atoms with Gasteiger partial charge in [-0.25, -0.2) is 9.37 Å². The first kappa shape index (κ1) is 19.4. The van der Waals surface area contributed by atoms with Crippen LogP contribution in [0.5, 0.6) is 0 Å². The predicted molar refractivity (Wildman–Crippen MR) is 111 cm³/mol. The van der Waals surface area contributed by atoms with Crippen molar-refractivity contribution in [1.82, 2.24) is 14.9 Å². The number of nitrogens with zero attached hydrogens (tertiary/aromatic N) is 3. The van der Waals surface area contributed by atoms with Crippen LogP contribution in [0.15, 0.2) is 48.5 Å². The zero-order valence-corrected chi connectivity index (χ0v) is 16.5. The molecule has 1 amide bonds. The Balaban J connectivity index is 1.44. The number of anilines is 1. The third kappa shape index (κ3) is 4.10. The average Bonchev–Trinajstić information content (AvgIpc) is 3.11. The van der Waals surface area contributed by atoms with Crippen LogP contribution in [0, 0.1) is 5.82 Å². The molecular weight excluding hydrogens is 371 g/mol. The second-order valence-electron chi connectivity index (χ2n) is 7.26. The summed E-state index contributed by atoms with van der Waals surface area (Å²) in [6, 6.07) is 14.2. The van der Waals surface area contributed by atoms with E-state index < -0.39 is 5.82 Å². The Kier molecular flexibility index (Phi) is 5.76. The third-order valence-corrected chi connectivity index (χ3v) is 5.38. The molecular formula is C22H25FN4O2. The van der Waals surface area contributed by atoms with Gasteiger partial charge in [-0.2, -0.15) is 0 Å². The maximum absolute atomic E-state index is 13.8. The van der Waals surface area contributed by atoms with Crippen molar-refractivity contribution in [2.75, 3.05) is 31.7 Å². The maximum Gasteiger partial charge on any atom is 0.254 e. The van der Waals surface area contributed by atoms with Crippen molar-refractivity contribution >= 4 is 22.9 Å². The molecule has 0 aliphatic carbocycles. The first-order valence-corrected chi connectivity index (χ1v) is 9.92. The lowest BCUT2D eigenvalue weighted by Gasteiger charge is -2.33. The highest BCUT2D eigenvalue weighted by molar-refractivity contribution is 5.94. The van der Waals surface area contributed by atoms with E-state index >= 15 is 0 Å². The Morgan fingerprint density at radius 1 is 1.17 bits per heavy atom. The van der Waals surface area contributed by atoms with Gasteiger partial charge in [0.25, 0.3) is 5.91 Å². The van der Waals surface area contributed by atoms with Gasteiger partial charge >= 0.3 is 0 Å². The van der Waals surface area contributed by atoms with Crippen molar-refractivity contribution in [2.24, 2.45) is 0 Å². The zero-order valence-electron chi connectivity index (χ0n) is 16.5. The standard InChI is InChI=1S/C22H25FN4O2/c1-29-15-14-27-20-9-5-4-8-19(20)25-22(27)26-12-10-16(11-13-26)24-21(28)17-6-2-3-7-18(17)23/h2-9,16H,10-15H2,1H3,(H,24,28). The molecule has 29 heavy (non-hydrogen) atoms. The highest BCUT2D eigenvalue weighted by Gasteiger charge is 2.25. The number of hydrogen-bond donors (Lipinski definition) is 1. The number of fused-ring (bicyclic) bond motifs is 1. The van der Waals surface area contributed by atoms with Crippen molar-refractivity contribution in [3.8, 4) is 0 Å². The van der Waals surface area contributed by atoms with E-state index in [4.69, 9.17) is 9.72 Å². The number of carbonyl (C=O) groups is 1. The molecule has 2 heterocycles. The van der Waals surface area contributed by atoms with E-state index in [2.05, 4.69) is 20.9 Å². The summed E-state index contributed by atoms with van der Waals surface area (Å²) in [7, 11) is 1.70. The molecule has 7 heteroatoms. The first-order valence-electron chi connectivity index (χ1n) is 9.92. The molecule has 2 aromatic carbocycles. The Morgan fingerprint density at radius 2 is 1.90 bits per heavy atom. The minimum Gasteiger partial charge on any atom is -0.383 e. The summed E-state index contributed by atoms with van der Waals surface area (Å²) < 4.78 is 21.3. The lowest BCUT2D eigenvalue weighted by molar-refractivity contribution is 0.0927. The van der Waals surface area contributed by atoms with Gasteiger partial charge in [-0.15, -0.1) is 0 Å². The molecule has 1 saturated heterocycles. The van der Waals surface area contributed by atoms with E-state index in [9.17, 15) is 9.18 Å². The summed E-state index contributed by atoms with van der Waals surface area (Å²) in [6.07, 6.45) is 1.57. The molecule has 0 unspecified atom stereocenters. The maximum atomic E-state index is 13.8. The van der Waals surface area contributed by atoms with E-state index in [1.54, 1.807) is 19.2 Å². The van der Waals surface area contributed by atoms with Crippen molar-refractivity contribution in [3.05, 3.63) is 59.9 Å². The highest BCUT2D eigenvalue weighted by Crippen LogP contribution is 2.25. The number of nitrogens with one attached hydrogen (secondary N) is 1. The van der Waals surface area contributed by atoms with E-state index in [0.717, 1.165) is 49.5 Å². The fourth-order valence-electron chi connectivity index (χ4n) is 3.84. The van der Waals surface area contributed by atoms with Crippen molar-refractivity contribution in [2.45, 2.75) is 25.4 Å². The number of aromatic nitrogens is 2. The number of halogens is 1. The second kappa shape index (κ2) is 8.61. The molecule has 4 rings (SSSR count). The fourth-order valence-corrected chi connectivity index (χ4v) is 3.84. The van der Waals surface area contributed by atoms with Crippen LogP contribution in [-0.2, 0) is 11.3 Å². The molecule has 1 fully saturated rings. The van der Waals surface area contributed by atoms with Crippen LogP contribution in [0.2, 0.25) is 0 Å². The smallest absolute Gasteiger partial charge is 0.254 e. The summed E-state index contributed by atoms with van der Waals surface area (Å²) in [4.78, 5) is 19.5. The van der Waals surface area contributed by atoms with Gasteiger partial charge in [0.15, 0.2) is 0 Å². The van der Waals surface area contributed by atoms with Gasteiger partial charge in [-0.05, 0) is 37.1 Å². The Labute approximate surface area is 169 Å². The molecule has 6 nitrogen and oxygen atoms in total. The minimum atomic E-state index is -0.491. The number of piperidine rings is 1. The Morgan fingerprint density at radius 3 is 2.66 bits per heavy atom. The Hall–Kier alpha value is -2.93. The number of carbonyl (C=O) groups excluding carboxylic acids is 1. The average molecular weight is 396 g/mol. The highest BCUT2D eigenvalue weighted by atomic mass is 19.1. The lowest BCUT2D eigenvalue weighted by atomic mass is 10.0. The number of rotatable bonds is 6. The number of imidazole rings is 1. The molecule has 1 N–H and O–H groups in total. The predicted octanol–water partition coefficient (Wildman–Crippen LogP) is 3.22. The van der Waals surface area contributed by atoms with Crippen LogP contribution >= 0.6 is 0 Å². The molecule has 0 bridgehead atoms. The van der Waals surface area contributed by atoms with Crippen LogP contribution in [0.25, 0.3) is 11.0 Å². The normalized spacial score (nSPS) is 15.0. The number of ether oxygens (including phenoxy) is 1. The van der Waals surface area contributed by atoms with Crippen LogP contribution in [0.3, 0.4) is 0 Å².